The number of rotatable bonds is 6. The molecule has 0 saturated carbocycles. The smallest absolute Gasteiger partial charge is 0.261 e. The maximum Gasteiger partial charge on any atom is 0.261 e. The fourth-order valence-electron chi connectivity index (χ4n) is 3.89. The Balaban J connectivity index is 1.42. The maximum absolute atomic E-state index is 12.7. The van der Waals surface area contributed by atoms with Crippen molar-refractivity contribution in [2.24, 2.45) is 0 Å². The Morgan fingerprint density at radius 2 is 1.65 bits per heavy atom. The first-order valence-electron chi connectivity index (χ1n) is 9.91. The number of H-pyrrole nitrogens is 1. The second kappa shape index (κ2) is 7.89. The van der Waals surface area contributed by atoms with Gasteiger partial charge in [-0.3, -0.25) is 19.6 Å². The van der Waals surface area contributed by atoms with E-state index >= 15 is 0 Å². The third-order valence-electron chi connectivity index (χ3n) is 5.42. The highest BCUT2D eigenvalue weighted by Crippen LogP contribution is 2.34. The molecule has 6 nitrogen and oxygen atoms in total. The second-order valence-electron chi connectivity index (χ2n) is 7.35. The van der Waals surface area contributed by atoms with Gasteiger partial charge in [0.2, 0.25) is 0 Å². The summed E-state index contributed by atoms with van der Waals surface area (Å²) in [4.78, 5) is 26.8. The third-order valence-corrected chi connectivity index (χ3v) is 5.64. The summed E-state index contributed by atoms with van der Waals surface area (Å²) >= 11 is 6.26. The van der Waals surface area contributed by atoms with Gasteiger partial charge in [0.1, 0.15) is 11.9 Å². The van der Waals surface area contributed by atoms with Gasteiger partial charge < -0.3 is 4.74 Å². The van der Waals surface area contributed by atoms with Crippen LogP contribution in [0.1, 0.15) is 38.8 Å². The average molecular weight is 432 g/mol. The number of nitrogens with zero attached hydrogens (tertiary/aromatic N) is 2. The molecular formula is C24H18ClN3O3. The lowest BCUT2D eigenvalue weighted by Crippen LogP contribution is -2.32. The third kappa shape index (κ3) is 3.55. The number of carbonyl (C=O) groups excluding carboxylic acids is 2. The Morgan fingerprint density at radius 3 is 2.35 bits per heavy atom. The van der Waals surface area contributed by atoms with Gasteiger partial charge in [0.15, 0.2) is 0 Å². The molecule has 0 saturated heterocycles. The van der Waals surface area contributed by atoms with Crippen LogP contribution < -0.4 is 4.74 Å². The van der Waals surface area contributed by atoms with Crippen molar-refractivity contribution in [1.29, 1.82) is 0 Å². The lowest BCUT2D eigenvalue weighted by molar-refractivity contribution is 0.0630. The summed E-state index contributed by atoms with van der Waals surface area (Å²) < 4.78 is 6.37. The minimum absolute atomic E-state index is 0.237. The number of amides is 2. The van der Waals surface area contributed by atoms with Crippen LogP contribution in [-0.4, -0.2) is 33.5 Å². The zero-order valence-corrected chi connectivity index (χ0v) is 17.2. The number of hydrogen-bond donors (Lipinski definition) is 1. The van der Waals surface area contributed by atoms with Crippen molar-refractivity contribution in [1.82, 2.24) is 15.1 Å². The number of imide groups is 1. The van der Waals surface area contributed by atoms with Gasteiger partial charge in [-0.15, -0.1) is 0 Å². The normalized spacial score (nSPS) is 14.2. The summed E-state index contributed by atoms with van der Waals surface area (Å²) in [5.74, 6) is 0.0484. The number of nitrogens with one attached hydrogen (secondary N) is 1. The molecule has 1 aliphatic rings. The number of aromatic nitrogens is 2. The van der Waals surface area contributed by atoms with Gasteiger partial charge in [-0.1, -0.05) is 54.1 Å². The van der Waals surface area contributed by atoms with E-state index < -0.39 is 0 Å². The first-order chi connectivity index (χ1) is 15.1. The molecule has 3 aromatic carbocycles. The Hall–Kier alpha value is -3.64. The zero-order valence-electron chi connectivity index (χ0n) is 16.4. The molecule has 154 valence electrons. The Bertz CT molecular complexity index is 1250. The lowest BCUT2D eigenvalue weighted by Gasteiger charge is -2.23. The van der Waals surface area contributed by atoms with E-state index in [-0.39, 0.29) is 24.5 Å². The van der Waals surface area contributed by atoms with Crippen LogP contribution in [0.15, 0.2) is 72.9 Å². The second-order valence-corrected chi connectivity index (χ2v) is 7.78. The summed E-state index contributed by atoms with van der Waals surface area (Å²) in [6.07, 6.45) is 1.73. The summed E-state index contributed by atoms with van der Waals surface area (Å²) in [6.45, 7) is 0.237. The Morgan fingerprint density at radius 1 is 0.968 bits per heavy atom. The van der Waals surface area contributed by atoms with E-state index in [4.69, 9.17) is 16.3 Å². The van der Waals surface area contributed by atoms with Crippen molar-refractivity contribution in [2.75, 3.05) is 6.54 Å². The zero-order chi connectivity index (χ0) is 21.4. The van der Waals surface area contributed by atoms with Gasteiger partial charge in [-0.05, 0) is 29.8 Å². The van der Waals surface area contributed by atoms with E-state index in [2.05, 4.69) is 10.2 Å². The molecule has 2 heterocycles. The number of fused-ring (bicyclic) bond motifs is 2. The van der Waals surface area contributed by atoms with Crippen LogP contribution in [0.5, 0.6) is 5.75 Å². The molecule has 5 rings (SSSR count). The Kier molecular flexibility index (Phi) is 4.92. The topological polar surface area (TPSA) is 75.3 Å². The molecule has 0 fully saturated rings. The van der Waals surface area contributed by atoms with E-state index in [0.717, 1.165) is 16.5 Å². The van der Waals surface area contributed by atoms with Crippen LogP contribution in [0.25, 0.3) is 10.9 Å². The van der Waals surface area contributed by atoms with Crippen LogP contribution in [0, 0.1) is 0 Å². The largest absolute Gasteiger partial charge is 0.485 e. The number of halogens is 1. The number of benzene rings is 3. The van der Waals surface area contributed by atoms with Gasteiger partial charge in [0, 0.05) is 18.0 Å². The lowest BCUT2D eigenvalue weighted by atomic mass is 10.1. The molecule has 1 aromatic heterocycles. The molecule has 0 spiro atoms. The molecule has 2 amide bonds. The molecule has 0 radical (unpaired) electrons. The molecular weight excluding hydrogens is 414 g/mol. The number of aromatic amines is 1. The molecule has 7 heteroatoms. The van der Waals surface area contributed by atoms with Crippen LogP contribution >= 0.6 is 11.6 Å². The summed E-state index contributed by atoms with van der Waals surface area (Å²) in [5, 5.41) is 8.31. The van der Waals surface area contributed by atoms with Gasteiger partial charge in [-0.2, -0.15) is 5.10 Å². The van der Waals surface area contributed by atoms with Crippen LogP contribution in [0.4, 0.5) is 0 Å². The highest BCUT2D eigenvalue weighted by Gasteiger charge is 2.35. The minimum atomic E-state index is -0.387. The van der Waals surface area contributed by atoms with Gasteiger partial charge in [0.25, 0.3) is 11.8 Å². The van der Waals surface area contributed by atoms with Gasteiger partial charge in [0.05, 0.1) is 28.2 Å². The average Bonchev–Trinajstić information content (AvgIpc) is 3.35. The van der Waals surface area contributed by atoms with Crippen LogP contribution in [0.3, 0.4) is 0 Å². The molecule has 1 N–H and O–H groups in total. The highest BCUT2D eigenvalue weighted by atomic mass is 35.5. The predicted molar refractivity (Wildman–Crippen MR) is 117 cm³/mol. The monoisotopic (exact) mass is 431 g/mol. The van der Waals surface area contributed by atoms with Crippen molar-refractivity contribution in [2.45, 2.75) is 12.5 Å². The molecule has 0 bridgehead atoms. The fourth-order valence-corrected chi connectivity index (χ4v) is 4.09. The molecule has 1 aliphatic heterocycles. The van der Waals surface area contributed by atoms with Crippen LogP contribution in [0.2, 0.25) is 5.02 Å². The van der Waals surface area contributed by atoms with Gasteiger partial charge >= 0.3 is 0 Å². The van der Waals surface area contributed by atoms with Crippen molar-refractivity contribution in [3.63, 3.8) is 0 Å². The van der Waals surface area contributed by atoms with Crippen molar-refractivity contribution in [3.8, 4) is 5.75 Å². The van der Waals surface area contributed by atoms with Crippen molar-refractivity contribution >= 4 is 34.3 Å². The summed E-state index contributed by atoms with van der Waals surface area (Å²) in [7, 11) is 0. The standard InChI is InChI=1S/C24H18ClN3O3/c25-16-12-20-19(14-26-27-20)22(13-16)31-21(15-6-2-1-3-7-15)10-11-28-23(29)17-8-4-5-9-18(17)24(28)30/h1-9,12-14,21H,10-11H2,(H,26,27)/t21-/m1/s1. The number of carbonyl (C=O) groups is 2. The summed E-state index contributed by atoms with van der Waals surface area (Å²) in [6, 6.07) is 20.1. The predicted octanol–water partition coefficient (Wildman–Crippen LogP) is 5.02. The first kappa shape index (κ1) is 19.3. The number of hydrogen-bond acceptors (Lipinski definition) is 4. The number of ether oxygens (including phenoxy) is 1. The Labute approximate surface area is 183 Å². The first-order valence-corrected chi connectivity index (χ1v) is 10.3. The molecule has 0 unspecified atom stereocenters. The van der Waals surface area contributed by atoms with Crippen molar-refractivity contribution < 1.29 is 14.3 Å². The van der Waals surface area contributed by atoms with E-state index in [1.54, 1.807) is 42.6 Å². The van der Waals surface area contributed by atoms with Crippen molar-refractivity contribution in [3.05, 3.63) is 94.6 Å². The molecule has 0 aliphatic carbocycles. The molecule has 31 heavy (non-hydrogen) atoms. The molecule has 4 aromatic rings. The highest BCUT2D eigenvalue weighted by molar-refractivity contribution is 6.31. The fraction of sp³-hybridized carbons (Fsp3) is 0.125. The van der Waals surface area contributed by atoms with E-state index in [1.807, 2.05) is 30.3 Å². The quantitative estimate of drug-likeness (QED) is 0.435. The van der Waals surface area contributed by atoms with E-state index in [9.17, 15) is 9.59 Å². The summed E-state index contributed by atoms with van der Waals surface area (Å²) in [5.41, 5.74) is 2.60. The minimum Gasteiger partial charge on any atom is -0.485 e. The van der Waals surface area contributed by atoms with E-state index in [1.165, 1.54) is 4.90 Å². The SMILES string of the molecule is O=C1c2ccccc2C(=O)N1CC[C@@H](Oc1cc(Cl)cc2[nH]ncc12)c1ccccc1. The van der Waals surface area contributed by atoms with E-state index in [0.29, 0.717) is 28.3 Å². The van der Waals surface area contributed by atoms with Gasteiger partial charge in [-0.25, -0.2) is 0 Å². The van der Waals surface area contributed by atoms with Crippen LogP contribution in [-0.2, 0) is 0 Å². The maximum atomic E-state index is 12.7. The molecule has 1 atom stereocenters.